The summed E-state index contributed by atoms with van der Waals surface area (Å²) in [7, 11) is 0. The van der Waals surface area contributed by atoms with Crippen molar-refractivity contribution in [2.75, 3.05) is 0 Å². The van der Waals surface area contributed by atoms with Crippen molar-refractivity contribution in [3.63, 3.8) is 0 Å². The summed E-state index contributed by atoms with van der Waals surface area (Å²) < 4.78 is 1.15. The van der Waals surface area contributed by atoms with Crippen LogP contribution in [0.15, 0.2) is 38.9 Å². The summed E-state index contributed by atoms with van der Waals surface area (Å²) in [4.78, 5) is 4.42. The van der Waals surface area contributed by atoms with Gasteiger partial charge in [0, 0.05) is 11.3 Å². The van der Waals surface area contributed by atoms with Gasteiger partial charge in [-0.05, 0) is 30.5 Å². The molecule has 82 valence electrons. The quantitative estimate of drug-likeness (QED) is 0.649. The maximum absolute atomic E-state index is 7.50. The summed E-state index contributed by atoms with van der Waals surface area (Å²) in [6, 6.07) is 7.75. The highest BCUT2D eigenvalue weighted by Gasteiger charge is 2.09. The number of nitrogens with one attached hydrogen (secondary N) is 1. The zero-order chi connectivity index (χ0) is 11.5. The van der Waals surface area contributed by atoms with Crippen LogP contribution in [0, 0.1) is 12.3 Å². The SMILES string of the molecule is Cc1ccc(C(=N)N)c(Sc2cccs2)n1. The molecule has 3 N–H and O–H groups in total. The number of nitrogens with two attached hydrogens (primary N) is 1. The summed E-state index contributed by atoms with van der Waals surface area (Å²) in [5.41, 5.74) is 7.16. The topological polar surface area (TPSA) is 62.8 Å². The molecule has 0 bridgehead atoms. The van der Waals surface area contributed by atoms with Crippen LogP contribution in [-0.4, -0.2) is 10.8 Å². The highest BCUT2D eigenvalue weighted by atomic mass is 32.2. The van der Waals surface area contributed by atoms with E-state index in [1.54, 1.807) is 23.1 Å². The standard InChI is InChI=1S/C11H11N3S2/c1-7-4-5-8(10(12)13)11(14-7)16-9-3-2-6-15-9/h2-6H,1H3,(H3,12,13). The molecule has 0 atom stereocenters. The number of pyridine rings is 1. The van der Waals surface area contributed by atoms with Gasteiger partial charge in [0.05, 0.1) is 4.21 Å². The molecule has 16 heavy (non-hydrogen) atoms. The highest BCUT2D eigenvalue weighted by Crippen LogP contribution is 2.32. The fourth-order valence-electron chi connectivity index (χ4n) is 1.23. The molecule has 0 saturated heterocycles. The van der Waals surface area contributed by atoms with E-state index in [1.807, 2.05) is 36.6 Å². The number of hydrogen-bond acceptors (Lipinski definition) is 4. The summed E-state index contributed by atoms with van der Waals surface area (Å²) in [6.07, 6.45) is 0. The van der Waals surface area contributed by atoms with Crippen molar-refractivity contribution >= 4 is 28.9 Å². The van der Waals surface area contributed by atoms with Gasteiger partial charge in [0.2, 0.25) is 0 Å². The molecule has 5 heteroatoms. The molecule has 0 aromatic carbocycles. The van der Waals surface area contributed by atoms with E-state index in [1.165, 1.54) is 0 Å². The molecular weight excluding hydrogens is 238 g/mol. The van der Waals surface area contributed by atoms with Crippen LogP contribution in [0.4, 0.5) is 0 Å². The molecule has 0 fully saturated rings. The molecule has 0 amide bonds. The molecule has 2 aromatic rings. The summed E-state index contributed by atoms with van der Waals surface area (Å²) in [6.45, 7) is 1.93. The first-order valence-corrected chi connectivity index (χ1v) is 6.40. The number of rotatable bonds is 3. The van der Waals surface area contributed by atoms with E-state index >= 15 is 0 Å². The second-order valence-corrected chi connectivity index (χ2v) is 5.49. The Morgan fingerprint density at radius 2 is 2.25 bits per heavy atom. The number of nitrogen functional groups attached to an aromatic ring is 1. The Bertz CT molecular complexity index is 506. The molecule has 0 aliphatic rings. The number of aryl methyl sites for hydroxylation is 1. The average Bonchev–Trinajstić information content (AvgIpc) is 2.70. The van der Waals surface area contributed by atoms with Gasteiger partial charge >= 0.3 is 0 Å². The minimum atomic E-state index is 0.0616. The maximum atomic E-state index is 7.50. The average molecular weight is 249 g/mol. The molecule has 3 nitrogen and oxygen atoms in total. The predicted molar refractivity (Wildman–Crippen MR) is 68.4 cm³/mol. The van der Waals surface area contributed by atoms with Gasteiger partial charge in [-0.2, -0.15) is 0 Å². The van der Waals surface area contributed by atoms with Crippen molar-refractivity contribution in [1.82, 2.24) is 4.98 Å². The first-order valence-electron chi connectivity index (χ1n) is 4.70. The van der Waals surface area contributed by atoms with Crippen molar-refractivity contribution in [2.24, 2.45) is 5.73 Å². The van der Waals surface area contributed by atoms with Gasteiger partial charge < -0.3 is 5.73 Å². The summed E-state index contributed by atoms with van der Waals surface area (Å²) in [5, 5.41) is 10.3. The molecule has 0 aliphatic carbocycles. The smallest absolute Gasteiger partial charge is 0.125 e. The lowest BCUT2D eigenvalue weighted by Crippen LogP contribution is -2.13. The Morgan fingerprint density at radius 3 is 2.88 bits per heavy atom. The second kappa shape index (κ2) is 4.67. The van der Waals surface area contributed by atoms with Crippen LogP contribution in [0.25, 0.3) is 0 Å². The highest BCUT2D eigenvalue weighted by molar-refractivity contribution is 8.01. The maximum Gasteiger partial charge on any atom is 0.125 e. The van der Waals surface area contributed by atoms with Crippen LogP contribution in [0.1, 0.15) is 11.3 Å². The Balaban J connectivity index is 2.38. The minimum absolute atomic E-state index is 0.0616. The van der Waals surface area contributed by atoms with Crippen molar-refractivity contribution < 1.29 is 0 Å². The fraction of sp³-hybridized carbons (Fsp3) is 0.0909. The van der Waals surface area contributed by atoms with Crippen LogP contribution in [-0.2, 0) is 0 Å². The number of amidine groups is 1. The molecule has 0 spiro atoms. The summed E-state index contributed by atoms with van der Waals surface area (Å²) in [5.74, 6) is 0.0616. The van der Waals surface area contributed by atoms with Crippen molar-refractivity contribution in [3.8, 4) is 0 Å². The van der Waals surface area contributed by atoms with Crippen LogP contribution in [0.3, 0.4) is 0 Å². The number of hydrogen-bond donors (Lipinski definition) is 2. The minimum Gasteiger partial charge on any atom is -0.384 e. The van der Waals surface area contributed by atoms with E-state index in [0.717, 1.165) is 14.9 Å². The van der Waals surface area contributed by atoms with Gasteiger partial charge in [-0.3, -0.25) is 5.41 Å². The van der Waals surface area contributed by atoms with Crippen molar-refractivity contribution in [3.05, 3.63) is 40.9 Å². The monoisotopic (exact) mass is 249 g/mol. The van der Waals surface area contributed by atoms with E-state index < -0.39 is 0 Å². The molecule has 2 rings (SSSR count). The van der Waals surface area contributed by atoms with Gasteiger partial charge in [-0.15, -0.1) is 11.3 Å². The molecule has 2 aromatic heterocycles. The first-order chi connectivity index (χ1) is 7.66. The van der Waals surface area contributed by atoms with Gasteiger partial charge in [-0.1, -0.05) is 17.8 Å². The van der Waals surface area contributed by atoms with Gasteiger partial charge in [0.25, 0.3) is 0 Å². The predicted octanol–water partition coefficient (Wildman–Crippen LogP) is 2.89. The van der Waals surface area contributed by atoms with Gasteiger partial charge in [0.15, 0.2) is 0 Å². The Labute approximate surface area is 102 Å². The lowest BCUT2D eigenvalue weighted by Gasteiger charge is -2.06. The normalized spacial score (nSPS) is 10.3. The lowest BCUT2D eigenvalue weighted by molar-refractivity contribution is 1.05. The molecule has 0 radical (unpaired) electrons. The van der Waals surface area contributed by atoms with E-state index in [9.17, 15) is 0 Å². The van der Waals surface area contributed by atoms with E-state index in [-0.39, 0.29) is 5.84 Å². The van der Waals surface area contributed by atoms with Crippen LogP contribution >= 0.6 is 23.1 Å². The molecule has 0 unspecified atom stereocenters. The van der Waals surface area contributed by atoms with Crippen LogP contribution < -0.4 is 5.73 Å². The van der Waals surface area contributed by atoms with Crippen molar-refractivity contribution in [2.45, 2.75) is 16.2 Å². The van der Waals surface area contributed by atoms with E-state index in [4.69, 9.17) is 11.1 Å². The zero-order valence-electron chi connectivity index (χ0n) is 8.73. The van der Waals surface area contributed by atoms with E-state index in [2.05, 4.69) is 4.98 Å². The lowest BCUT2D eigenvalue weighted by atomic mass is 10.2. The molecular formula is C11H11N3S2. The van der Waals surface area contributed by atoms with Gasteiger partial charge in [-0.25, -0.2) is 4.98 Å². The summed E-state index contributed by atoms with van der Waals surface area (Å²) >= 11 is 3.21. The first kappa shape index (κ1) is 11.2. The number of nitrogens with zero attached hydrogens (tertiary/aromatic N) is 1. The third-order valence-electron chi connectivity index (χ3n) is 1.98. The van der Waals surface area contributed by atoms with Crippen LogP contribution in [0.2, 0.25) is 0 Å². The van der Waals surface area contributed by atoms with Crippen LogP contribution in [0.5, 0.6) is 0 Å². The molecule has 2 heterocycles. The molecule has 0 aliphatic heterocycles. The largest absolute Gasteiger partial charge is 0.384 e. The number of thiophene rings is 1. The zero-order valence-corrected chi connectivity index (χ0v) is 10.4. The second-order valence-electron chi connectivity index (χ2n) is 3.25. The Morgan fingerprint density at radius 1 is 1.44 bits per heavy atom. The third kappa shape index (κ3) is 2.43. The van der Waals surface area contributed by atoms with Gasteiger partial charge in [0.1, 0.15) is 10.9 Å². The Kier molecular flexibility index (Phi) is 3.26. The number of aromatic nitrogens is 1. The third-order valence-corrected chi connectivity index (χ3v) is 4.02. The van der Waals surface area contributed by atoms with Crippen molar-refractivity contribution in [1.29, 1.82) is 5.41 Å². The molecule has 0 saturated carbocycles. The fourth-order valence-corrected chi connectivity index (χ4v) is 3.09. The van der Waals surface area contributed by atoms with E-state index in [0.29, 0.717) is 5.56 Å². The Hall–Kier alpha value is -1.33.